The number of halogens is 4. The first-order valence-corrected chi connectivity index (χ1v) is 6.41. The fourth-order valence-corrected chi connectivity index (χ4v) is 2.01. The van der Waals surface area contributed by atoms with Crippen LogP contribution in [0.1, 0.15) is 23.6 Å². The van der Waals surface area contributed by atoms with Gasteiger partial charge in [-0.25, -0.2) is 0 Å². The second kappa shape index (κ2) is 6.22. The molecule has 0 aliphatic rings. The third kappa shape index (κ3) is 4.01. The number of esters is 1. The molecule has 0 aliphatic carbocycles. The van der Waals surface area contributed by atoms with Crippen molar-refractivity contribution in [2.24, 2.45) is 0 Å². The van der Waals surface area contributed by atoms with Crippen LogP contribution in [0.5, 0.6) is 0 Å². The van der Waals surface area contributed by atoms with E-state index < -0.39 is 17.7 Å². The Bertz CT molecular complexity index is 430. The molecule has 0 aromatic heterocycles. The molecule has 0 saturated carbocycles. The standard InChI is InChI=1S/C12H12BrF3O2/c1-2-18-11(17)6-9-5-10(12(14,15)16)4-3-8(9)7-13/h3-5H,2,6-7H2,1H3. The van der Waals surface area contributed by atoms with Crippen molar-refractivity contribution in [3.8, 4) is 0 Å². The van der Waals surface area contributed by atoms with Gasteiger partial charge in [0.2, 0.25) is 0 Å². The molecule has 0 N–H and O–H groups in total. The number of rotatable bonds is 4. The van der Waals surface area contributed by atoms with Crippen molar-refractivity contribution in [3.05, 3.63) is 34.9 Å². The van der Waals surface area contributed by atoms with Crippen LogP contribution in [0, 0.1) is 0 Å². The Labute approximate surface area is 111 Å². The van der Waals surface area contributed by atoms with Crippen LogP contribution in [0.15, 0.2) is 18.2 Å². The lowest BCUT2D eigenvalue weighted by Crippen LogP contribution is -2.11. The Morgan fingerprint density at radius 1 is 1.33 bits per heavy atom. The number of benzene rings is 1. The van der Waals surface area contributed by atoms with Gasteiger partial charge in [-0.3, -0.25) is 4.79 Å². The van der Waals surface area contributed by atoms with Crippen molar-refractivity contribution < 1.29 is 22.7 Å². The first kappa shape index (κ1) is 15.0. The Hall–Kier alpha value is -1.04. The van der Waals surface area contributed by atoms with E-state index in [-0.39, 0.29) is 13.0 Å². The first-order chi connectivity index (χ1) is 8.38. The van der Waals surface area contributed by atoms with E-state index in [9.17, 15) is 18.0 Å². The summed E-state index contributed by atoms with van der Waals surface area (Å²) in [5.74, 6) is -0.529. The normalized spacial score (nSPS) is 11.4. The van der Waals surface area contributed by atoms with Crippen LogP contribution in [0.4, 0.5) is 13.2 Å². The molecule has 0 saturated heterocycles. The van der Waals surface area contributed by atoms with E-state index >= 15 is 0 Å². The fourth-order valence-electron chi connectivity index (χ4n) is 1.46. The molecule has 0 atom stereocenters. The molecule has 18 heavy (non-hydrogen) atoms. The van der Waals surface area contributed by atoms with Crippen LogP contribution in [-0.2, 0) is 27.5 Å². The molecular weight excluding hydrogens is 313 g/mol. The van der Waals surface area contributed by atoms with E-state index in [0.29, 0.717) is 16.5 Å². The summed E-state index contributed by atoms with van der Waals surface area (Å²) >= 11 is 3.18. The van der Waals surface area contributed by atoms with Gasteiger partial charge in [-0.1, -0.05) is 22.0 Å². The highest BCUT2D eigenvalue weighted by atomic mass is 79.9. The van der Waals surface area contributed by atoms with Gasteiger partial charge < -0.3 is 4.74 Å². The minimum Gasteiger partial charge on any atom is -0.466 e. The third-order valence-corrected chi connectivity index (χ3v) is 2.92. The van der Waals surface area contributed by atoms with Crippen molar-refractivity contribution >= 4 is 21.9 Å². The molecule has 0 amide bonds. The monoisotopic (exact) mass is 324 g/mol. The van der Waals surface area contributed by atoms with Crippen LogP contribution < -0.4 is 0 Å². The summed E-state index contributed by atoms with van der Waals surface area (Å²) in [6, 6.07) is 3.37. The number of carbonyl (C=O) groups excluding carboxylic acids is 1. The molecule has 1 rings (SSSR count). The zero-order chi connectivity index (χ0) is 13.8. The number of ether oxygens (including phenoxy) is 1. The maximum atomic E-state index is 12.6. The molecule has 0 heterocycles. The van der Waals surface area contributed by atoms with Crippen LogP contribution in [-0.4, -0.2) is 12.6 Å². The van der Waals surface area contributed by atoms with Gasteiger partial charge >= 0.3 is 12.1 Å². The predicted molar refractivity (Wildman–Crippen MR) is 64.4 cm³/mol. The second-order valence-electron chi connectivity index (χ2n) is 3.60. The molecule has 2 nitrogen and oxygen atoms in total. The fraction of sp³-hybridized carbons (Fsp3) is 0.417. The molecule has 0 radical (unpaired) electrons. The van der Waals surface area contributed by atoms with Crippen LogP contribution >= 0.6 is 15.9 Å². The van der Waals surface area contributed by atoms with Crippen LogP contribution in [0.2, 0.25) is 0 Å². The maximum Gasteiger partial charge on any atom is 0.416 e. The van der Waals surface area contributed by atoms with Gasteiger partial charge in [0, 0.05) is 5.33 Å². The predicted octanol–water partition coefficient (Wildman–Crippen LogP) is 3.71. The van der Waals surface area contributed by atoms with Crippen LogP contribution in [0.25, 0.3) is 0 Å². The van der Waals surface area contributed by atoms with Gasteiger partial charge in [0.05, 0.1) is 18.6 Å². The third-order valence-electron chi connectivity index (χ3n) is 2.32. The Morgan fingerprint density at radius 2 is 2.00 bits per heavy atom. The Balaban J connectivity index is 3.03. The van der Waals surface area contributed by atoms with Crippen molar-refractivity contribution in [1.29, 1.82) is 0 Å². The van der Waals surface area contributed by atoms with Gasteiger partial charge in [-0.15, -0.1) is 0 Å². The summed E-state index contributed by atoms with van der Waals surface area (Å²) < 4.78 is 42.4. The second-order valence-corrected chi connectivity index (χ2v) is 4.16. The summed E-state index contributed by atoms with van der Waals surface area (Å²) in [7, 11) is 0. The van der Waals surface area contributed by atoms with Crippen molar-refractivity contribution in [2.75, 3.05) is 6.61 Å². The summed E-state index contributed by atoms with van der Waals surface area (Å²) in [4.78, 5) is 11.3. The van der Waals surface area contributed by atoms with E-state index in [1.54, 1.807) is 6.92 Å². The Kier molecular flexibility index (Phi) is 5.19. The SMILES string of the molecule is CCOC(=O)Cc1cc(C(F)(F)F)ccc1CBr. The minimum atomic E-state index is -4.41. The quantitative estimate of drug-likeness (QED) is 0.623. The van der Waals surface area contributed by atoms with E-state index in [1.807, 2.05) is 0 Å². The number of alkyl halides is 4. The lowest BCUT2D eigenvalue weighted by atomic mass is 10.0. The first-order valence-electron chi connectivity index (χ1n) is 5.29. The molecule has 100 valence electrons. The maximum absolute atomic E-state index is 12.6. The van der Waals surface area contributed by atoms with E-state index in [1.165, 1.54) is 6.07 Å². The Morgan fingerprint density at radius 3 is 2.50 bits per heavy atom. The van der Waals surface area contributed by atoms with Gasteiger partial charge in [0.25, 0.3) is 0 Å². The summed E-state index contributed by atoms with van der Waals surface area (Å²) in [5, 5.41) is 0.389. The van der Waals surface area contributed by atoms with E-state index in [2.05, 4.69) is 15.9 Å². The highest BCUT2D eigenvalue weighted by Crippen LogP contribution is 2.31. The van der Waals surface area contributed by atoms with Crippen molar-refractivity contribution in [1.82, 2.24) is 0 Å². The molecule has 1 aromatic carbocycles. The summed E-state index contributed by atoms with van der Waals surface area (Å²) in [5.41, 5.74) is 0.225. The average Bonchev–Trinajstić information content (AvgIpc) is 2.28. The number of carbonyl (C=O) groups is 1. The van der Waals surface area contributed by atoms with E-state index in [0.717, 1.165) is 12.1 Å². The highest BCUT2D eigenvalue weighted by Gasteiger charge is 2.31. The van der Waals surface area contributed by atoms with E-state index in [4.69, 9.17) is 4.74 Å². The average molecular weight is 325 g/mol. The number of hydrogen-bond acceptors (Lipinski definition) is 2. The largest absolute Gasteiger partial charge is 0.466 e. The van der Waals surface area contributed by atoms with Crippen LogP contribution in [0.3, 0.4) is 0 Å². The van der Waals surface area contributed by atoms with Gasteiger partial charge in [0.15, 0.2) is 0 Å². The van der Waals surface area contributed by atoms with Crippen molar-refractivity contribution in [3.63, 3.8) is 0 Å². The molecule has 6 heteroatoms. The van der Waals surface area contributed by atoms with Gasteiger partial charge in [-0.05, 0) is 30.2 Å². The summed E-state index contributed by atoms with van der Waals surface area (Å²) in [6.45, 7) is 1.86. The van der Waals surface area contributed by atoms with Gasteiger partial charge in [0.1, 0.15) is 0 Å². The topological polar surface area (TPSA) is 26.3 Å². The lowest BCUT2D eigenvalue weighted by Gasteiger charge is -2.12. The smallest absolute Gasteiger partial charge is 0.416 e. The molecule has 0 spiro atoms. The molecule has 0 fully saturated rings. The molecule has 1 aromatic rings. The zero-order valence-electron chi connectivity index (χ0n) is 9.68. The highest BCUT2D eigenvalue weighted by molar-refractivity contribution is 9.08. The molecule has 0 aliphatic heterocycles. The van der Waals surface area contributed by atoms with Gasteiger partial charge in [-0.2, -0.15) is 13.2 Å². The lowest BCUT2D eigenvalue weighted by molar-refractivity contribution is -0.142. The summed E-state index contributed by atoms with van der Waals surface area (Å²) in [6.07, 6.45) is -4.56. The minimum absolute atomic E-state index is 0.154. The molecule has 0 unspecified atom stereocenters. The molecular formula is C12H12BrF3O2. The molecule has 0 bridgehead atoms. The zero-order valence-corrected chi connectivity index (χ0v) is 11.3. The van der Waals surface area contributed by atoms with Crippen molar-refractivity contribution in [2.45, 2.75) is 24.9 Å². The number of hydrogen-bond donors (Lipinski definition) is 0.